The van der Waals surface area contributed by atoms with E-state index in [1.54, 1.807) is 24.3 Å². The summed E-state index contributed by atoms with van der Waals surface area (Å²) < 4.78 is 9.19. The van der Waals surface area contributed by atoms with Crippen LogP contribution in [0.3, 0.4) is 0 Å². The van der Waals surface area contributed by atoms with Gasteiger partial charge in [-0.05, 0) is 12.1 Å². The van der Waals surface area contributed by atoms with Crippen molar-refractivity contribution in [2.75, 3.05) is 26.2 Å². The molecule has 1 aromatic rings. The van der Waals surface area contributed by atoms with E-state index in [1.807, 2.05) is 0 Å². The van der Waals surface area contributed by atoms with Crippen LogP contribution in [-0.4, -0.2) is 33.3 Å². The molecule has 5 heteroatoms. The summed E-state index contributed by atoms with van der Waals surface area (Å²) in [5, 5.41) is 0. The fourth-order valence-corrected chi connectivity index (χ4v) is 1.28. The molecule has 0 saturated carbocycles. The van der Waals surface area contributed by atoms with Crippen LogP contribution in [0.25, 0.3) is 0 Å². The van der Waals surface area contributed by atoms with Gasteiger partial charge in [0.1, 0.15) is 0 Å². The summed E-state index contributed by atoms with van der Waals surface area (Å²) in [6.07, 6.45) is -0.545. The van der Waals surface area contributed by atoms with Gasteiger partial charge in [-0.3, -0.25) is 4.90 Å². The maximum atomic E-state index is 11.4. The molecule has 0 atom stereocenters. The number of benzene rings is 1. The summed E-state index contributed by atoms with van der Waals surface area (Å²) in [6, 6.07) is 6.64. The minimum Gasteiger partial charge on any atom is -0.465 e. The second kappa shape index (κ2) is 5.16. The summed E-state index contributed by atoms with van der Waals surface area (Å²) in [5.74, 6) is -0.494. The zero-order chi connectivity index (χ0) is 12.1. The highest BCUT2D eigenvalue weighted by atomic mass is 16.5. The van der Waals surface area contributed by atoms with Gasteiger partial charge in [0.05, 0.1) is 25.5 Å². The van der Waals surface area contributed by atoms with Crippen LogP contribution in [0.4, 0.5) is 10.5 Å². The Kier molecular flexibility index (Phi) is 3.88. The van der Waals surface area contributed by atoms with Crippen molar-refractivity contribution in [1.29, 1.82) is 0 Å². The lowest BCUT2D eigenvalue weighted by atomic mass is 10.1. The number of carbonyl (C=O) groups is 2. The van der Waals surface area contributed by atoms with Gasteiger partial charge in [-0.25, -0.2) is 9.59 Å². The van der Waals surface area contributed by atoms with Gasteiger partial charge in [0.25, 0.3) is 0 Å². The zero-order valence-corrected chi connectivity index (χ0v) is 9.39. The van der Waals surface area contributed by atoms with E-state index in [9.17, 15) is 9.59 Å². The van der Waals surface area contributed by atoms with Crippen molar-refractivity contribution in [2.24, 2.45) is 0 Å². The van der Waals surface area contributed by atoms with Crippen molar-refractivity contribution in [3.63, 3.8) is 0 Å². The summed E-state index contributed by atoms with van der Waals surface area (Å²) in [6.45, 7) is 0. The average molecular weight is 223 g/mol. The van der Waals surface area contributed by atoms with Gasteiger partial charge in [-0.1, -0.05) is 12.1 Å². The monoisotopic (exact) mass is 223 g/mol. The number of carbonyl (C=O) groups excluding carboxylic acids is 2. The molecule has 0 spiro atoms. The van der Waals surface area contributed by atoms with Gasteiger partial charge >= 0.3 is 12.1 Å². The molecule has 1 aromatic carbocycles. The molecule has 1 amide bonds. The number of esters is 1. The predicted molar refractivity (Wildman–Crippen MR) is 58.6 cm³/mol. The van der Waals surface area contributed by atoms with Crippen molar-refractivity contribution in [2.45, 2.75) is 0 Å². The number of nitrogens with zero attached hydrogens (tertiary/aromatic N) is 1. The van der Waals surface area contributed by atoms with E-state index in [0.29, 0.717) is 11.3 Å². The van der Waals surface area contributed by atoms with Crippen molar-refractivity contribution in [3.8, 4) is 0 Å². The quantitative estimate of drug-likeness (QED) is 0.716. The Morgan fingerprint density at radius 1 is 1.12 bits per heavy atom. The summed E-state index contributed by atoms with van der Waals surface area (Å²) >= 11 is 0. The molecule has 1 rings (SSSR count). The van der Waals surface area contributed by atoms with E-state index >= 15 is 0 Å². The number of ether oxygens (including phenoxy) is 2. The lowest BCUT2D eigenvalue weighted by molar-refractivity contribution is 0.0601. The Morgan fingerprint density at radius 2 is 1.75 bits per heavy atom. The van der Waals surface area contributed by atoms with Crippen molar-refractivity contribution >= 4 is 17.7 Å². The third-order valence-corrected chi connectivity index (χ3v) is 2.12. The van der Waals surface area contributed by atoms with Gasteiger partial charge in [-0.15, -0.1) is 0 Å². The Morgan fingerprint density at radius 3 is 2.31 bits per heavy atom. The first-order chi connectivity index (χ1) is 7.61. The van der Waals surface area contributed by atoms with Crippen LogP contribution in [0.15, 0.2) is 24.3 Å². The molecule has 0 unspecified atom stereocenters. The van der Waals surface area contributed by atoms with Gasteiger partial charge in [-0.2, -0.15) is 0 Å². The molecule has 5 nitrogen and oxygen atoms in total. The summed E-state index contributed by atoms with van der Waals surface area (Å²) in [4.78, 5) is 24.0. The molecule has 0 aliphatic heterocycles. The van der Waals surface area contributed by atoms with E-state index in [4.69, 9.17) is 0 Å². The maximum Gasteiger partial charge on any atom is 0.413 e. The summed E-state index contributed by atoms with van der Waals surface area (Å²) in [7, 11) is 4.09. The first-order valence-electron chi connectivity index (χ1n) is 4.60. The number of rotatable bonds is 2. The molecular weight excluding hydrogens is 210 g/mol. The molecule has 0 radical (unpaired) electrons. The van der Waals surface area contributed by atoms with Crippen LogP contribution >= 0.6 is 0 Å². The van der Waals surface area contributed by atoms with Crippen LogP contribution in [-0.2, 0) is 9.47 Å². The minimum atomic E-state index is -0.545. The minimum absolute atomic E-state index is 0.318. The Hall–Kier alpha value is -2.04. The Bertz CT molecular complexity index is 403. The number of methoxy groups -OCH3 is 2. The number of anilines is 1. The predicted octanol–water partition coefficient (Wildman–Crippen LogP) is 1.68. The van der Waals surface area contributed by atoms with Gasteiger partial charge < -0.3 is 9.47 Å². The normalized spacial score (nSPS) is 9.44. The fraction of sp³-hybridized carbons (Fsp3) is 0.273. The molecular formula is C11H13NO4. The van der Waals surface area contributed by atoms with E-state index in [1.165, 1.54) is 26.2 Å². The third kappa shape index (κ3) is 2.31. The van der Waals surface area contributed by atoms with Crippen LogP contribution in [0.2, 0.25) is 0 Å². The third-order valence-electron chi connectivity index (χ3n) is 2.12. The molecule has 0 bridgehead atoms. The van der Waals surface area contributed by atoms with Crippen molar-refractivity contribution in [3.05, 3.63) is 29.8 Å². The van der Waals surface area contributed by atoms with Gasteiger partial charge in [0, 0.05) is 7.05 Å². The number of amides is 1. The van der Waals surface area contributed by atoms with Crippen molar-refractivity contribution in [1.82, 2.24) is 0 Å². The molecule has 86 valence electrons. The van der Waals surface area contributed by atoms with Crippen LogP contribution in [0, 0.1) is 0 Å². The Labute approximate surface area is 93.6 Å². The maximum absolute atomic E-state index is 11.4. The number of para-hydroxylation sites is 1. The SMILES string of the molecule is COC(=O)c1ccccc1N(C)C(=O)OC. The smallest absolute Gasteiger partial charge is 0.413 e. The lowest BCUT2D eigenvalue weighted by Gasteiger charge is -2.17. The van der Waals surface area contributed by atoms with Crippen LogP contribution in [0.5, 0.6) is 0 Å². The lowest BCUT2D eigenvalue weighted by Crippen LogP contribution is -2.27. The molecule has 16 heavy (non-hydrogen) atoms. The zero-order valence-electron chi connectivity index (χ0n) is 9.39. The van der Waals surface area contributed by atoms with E-state index in [-0.39, 0.29) is 0 Å². The second-order valence-corrected chi connectivity index (χ2v) is 3.04. The van der Waals surface area contributed by atoms with Gasteiger partial charge in [0.15, 0.2) is 0 Å². The second-order valence-electron chi connectivity index (χ2n) is 3.04. The topological polar surface area (TPSA) is 55.8 Å². The molecule has 0 heterocycles. The van der Waals surface area contributed by atoms with E-state index in [2.05, 4.69) is 9.47 Å². The Balaban J connectivity index is 3.13. The molecule has 0 aliphatic rings. The average Bonchev–Trinajstić information content (AvgIpc) is 2.35. The van der Waals surface area contributed by atoms with E-state index in [0.717, 1.165) is 0 Å². The van der Waals surface area contributed by atoms with Crippen LogP contribution < -0.4 is 4.90 Å². The van der Waals surface area contributed by atoms with Gasteiger partial charge in [0.2, 0.25) is 0 Å². The molecule has 0 aromatic heterocycles. The molecule has 0 saturated heterocycles. The largest absolute Gasteiger partial charge is 0.465 e. The molecule has 0 fully saturated rings. The number of hydrogen-bond acceptors (Lipinski definition) is 4. The van der Waals surface area contributed by atoms with Crippen LogP contribution in [0.1, 0.15) is 10.4 Å². The molecule has 0 aliphatic carbocycles. The van der Waals surface area contributed by atoms with Crippen molar-refractivity contribution < 1.29 is 19.1 Å². The highest BCUT2D eigenvalue weighted by Gasteiger charge is 2.18. The number of hydrogen-bond donors (Lipinski definition) is 0. The first kappa shape index (κ1) is 12.0. The van der Waals surface area contributed by atoms with E-state index < -0.39 is 12.1 Å². The first-order valence-corrected chi connectivity index (χ1v) is 4.60. The fourth-order valence-electron chi connectivity index (χ4n) is 1.28. The highest BCUT2D eigenvalue weighted by molar-refractivity contribution is 6.00. The standard InChI is InChI=1S/C11H13NO4/c1-12(11(14)16-3)9-7-5-4-6-8(9)10(13)15-2/h4-7H,1-3H3. The summed E-state index contributed by atoms with van der Waals surface area (Å²) in [5.41, 5.74) is 0.763. The molecule has 0 N–H and O–H groups in total. The highest BCUT2D eigenvalue weighted by Crippen LogP contribution is 2.20.